The number of hydrogen-bond donors (Lipinski definition) is 2. The van der Waals surface area contributed by atoms with Crippen LogP contribution in [0.1, 0.15) is 11.1 Å². The van der Waals surface area contributed by atoms with Gasteiger partial charge in [0.15, 0.2) is 6.61 Å². The van der Waals surface area contributed by atoms with Gasteiger partial charge in [0.1, 0.15) is 5.75 Å². The number of amides is 2. The Hall–Kier alpha value is -5.16. The van der Waals surface area contributed by atoms with E-state index in [0.717, 1.165) is 22.5 Å². The van der Waals surface area contributed by atoms with Crippen LogP contribution in [-0.2, 0) is 9.59 Å². The number of carbonyl (C=O) groups excluding carboxylic acids is 2. The van der Waals surface area contributed by atoms with Crippen LogP contribution in [-0.4, -0.2) is 28.2 Å². The molecule has 0 unspecified atom stereocenters. The van der Waals surface area contributed by atoms with E-state index in [4.69, 9.17) is 15.1 Å². The van der Waals surface area contributed by atoms with E-state index in [1.54, 1.807) is 35.0 Å². The SMILES string of the molecule is N#Cc1ccc(OCC(=O)NNC(=O)/C=C/c2cn(-c3ccccc3)nc2-c2ccccc2)cc1. The van der Waals surface area contributed by atoms with Crippen molar-refractivity contribution < 1.29 is 14.3 Å². The molecule has 2 N–H and O–H groups in total. The summed E-state index contributed by atoms with van der Waals surface area (Å²) in [7, 11) is 0. The number of carbonyl (C=O) groups is 2. The van der Waals surface area contributed by atoms with Crippen LogP contribution in [0, 0.1) is 11.3 Å². The highest BCUT2D eigenvalue weighted by Crippen LogP contribution is 2.24. The van der Waals surface area contributed by atoms with Crippen molar-refractivity contribution >= 4 is 17.9 Å². The van der Waals surface area contributed by atoms with Crippen molar-refractivity contribution in [3.05, 3.63) is 108 Å². The van der Waals surface area contributed by atoms with Gasteiger partial charge < -0.3 is 4.74 Å². The molecular weight excluding hydrogens is 442 g/mol. The number of hydrogen-bond acceptors (Lipinski definition) is 5. The molecule has 172 valence electrons. The second-order valence-corrected chi connectivity index (χ2v) is 7.37. The highest BCUT2D eigenvalue weighted by molar-refractivity contribution is 5.94. The summed E-state index contributed by atoms with van der Waals surface area (Å²) in [6, 6.07) is 27.7. The maximum Gasteiger partial charge on any atom is 0.276 e. The van der Waals surface area contributed by atoms with E-state index < -0.39 is 11.8 Å². The molecule has 4 aromatic rings. The predicted molar refractivity (Wildman–Crippen MR) is 131 cm³/mol. The molecule has 0 aliphatic rings. The highest BCUT2D eigenvalue weighted by atomic mass is 16.5. The highest BCUT2D eigenvalue weighted by Gasteiger charge is 2.11. The Labute approximate surface area is 202 Å². The summed E-state index contributed by atoms with van der Waals surface area (Å²) >= 11 is 0. The van der Waals surface area contributed by atoms with Crippen LogP contribution < -0.4 is 15.6 Å². The van der Waals surface area contributed by atoms with Crippen molar-refractivity contribution in [2.45, 2.75) is 0 Å². The average molecular weight is 463 g/mol. The lowest BCUT2D eigenvalue weighted by atomic mass is 10.1. The van der Waals surface area contributed by atoms with Crippen molar-refractivity contribution in [2.75, 3.05) is 6.61 Å². The Kier molecular flexibility index (Phi) is 7.31. The Bertz CT molecular complexity index is 1370. The van der Waals surface area contributed by atoms with E-state index in [1.165, 1.54) is 6.08 Å². The number of aromatic nitrogens is 2. The monoisotopic (exact) mass is 463 g/mol. The second-order valence-electron chi connectivity index (χ2n) is 7.37. The smallest absolute Gasteiger partial charge is 0.276 e. The first-order valence-electron chi connectivity index (χ1n) is 10.7. The molecule has 3 aromatic carbocycles. The Morgan fingerprint density at radius 2 is 1.63 bits per heavy atom. The molecule has 2 amide bonds. The standard InChI is InChI=1S/C27H21N5O3/c28-17-20-11-14-24(15-12-20)35-19-26(34)30-29-25(33)16-13-22-18-32(23-9-5-2-6-10-23)31-27(22)21-7-3-1-4-8-21/h1-16,18H,19H2,(H,29,33)(H,30,34)/b16-13+. The topological polar surface area (TPSA) is 109 Å². The van der Waals surface area contributed by atoms with Crippen LogP contribution in [0.5, 0.6) is 5.75 Å². The van der Waals surface area contributed by atoms with Gasteiger partial charge in [0, 0.05) is 23.4 Å². The van der Waals surface area contributed by atoms with E-state index in [2.05, 4.69) is 10.9 Å². The van der Waals surface area contributed by atoms with Gasteiger partial charge in [0.25, 0.3) is 11.8 Å². The number of nitrogens with one attached hydrogen (secondary N) is 2. The first-order valence-corrected chi connectivity index (χ1v) is 10.7. The fourth-order valence-electron chi connectivity index (χ4n) is 3.19. The molecule has 0 bridgehead atoms. The van der Waals surface area contributed by atoms with E-state index >= 15 is 0 Å². The van der Waals surface area contributed by atoms with Crippen LogP contribution in [0.25, 0.3) is 23.0 Å². The summed E-state index contributed by atoms with van der Waals surface area (Å²) < 4.78 is 7.09. The first kappa shape index (κ1) is 23.0. The summed E-state index contributed by atoms with van der Waals surface area (Å²) in [5.74, 6) is -0.601. The fraction of sp³-hybridized carbons (Fsp3) is 0.0370. The number of benzene rings is 3. The lowest BCUT2D eigenvalue weighted by molar-refractivity contribution is -0.128. The number of ether oxygens (including phenoxy) is 1. The lowest BCUT2D eigenvalue weighted by Gasteiger charge is -2.07. The van der Waals surface area contributed by atoms with Crippen LogP contribution >= 0.6 is 0 Å². The third-order valence-electron chi connectivity index (χ3n) is 4.90. The molecule has 35 heavy (non-hydrogen) atoms. The predicted octanol–water partition coefficient (Wildman–Crippen LogP) is 3.65. The molecule has 1 aromatic heterocycles. The molecule has 8 heteroatoms. The number of hydrazine groups is 1. The molecule has 8 nitrogen and oxygen atoms in total. The van der Waals surface area contributed by atoms with Crippen LogP contribution in [0.15, 0.2) is 97.2 Å². The van der Waals surface area contributed by atoms with Crippen molar-refractivity contribution in [3.8, 4) is 28.8 Å². The van der Waals surface area contributed by atoms with Gasteiger partial charge in [-0.2, -0.15) is 10.4 Å². The third kappa shape index (κ3) is 6.21. The van der Waals surface area contributed by atoms with Gasteiger partial charge in [-0.25, -0.2) is 4.68 Å². The zero-order chi connectivity index (χ0) is 24.5. The molecule has 4 rings (SSSR count). The van der Waals surface area contributed by atoms with Gasteiger partial charge in [0.2, 0.25) is 0 Å². The Morgan fingerprint density at radius 3 is 2.31 bits per heavy atom. The molecule has 0 aliphatic heterocycles. The third-order valence-corrected chi connectivity index (χ3v) is 4.90. The minimum absolute atomic E-state index is 0.294. The largest absolute Gasteiger partial charge is 0.484 e. The van der Waals surface area contributed by atoms with Crippen molar-refractivity contribution in [1.82, 2.24) is 20.6 Å². The molecule has 0 atom stereocenters. The lowest BCUT2D eigenvalue weighted by Crippen LogP contribution is -2.43. The molecule has 0 saturated heterocycles. The zero-order valence-corrected chi connectivity index (χ0v) is 18.6. The van der Waals surface area contributed by atoms with E-state index in [-0.39, 0.29) is 6.61 Å². The quantitative estimate of drug-likeness (QED) is 0.321. The van der Waals surface area contributed by atoms with Gasteiger partial charge in [-0.05, 0) is 42.5 Å². The summed E-state index contributed by atoms with van der Waals surface area (Å²) in [6.07, 6.45) is 4.80. The maximum atomic E-state index is 12.3. The van der Waals surface area contributed by atoms with Crippen LogP contribution in [0.3, 0.4) is 0 Å². The van der Waals surface area contributed by atoms with Gasteiger partial charge in [-0.1, -0.05) is 48.5 Å². The number of rotatable bonds is 7. The first-order chi connectivity index (χ1) is 17.1. The van der Waals surface area contributed by atoms with Crippen molar-refractivity contribution in [2.24, 2.45) is 0 Å². The number of nitrogens with zero attached hydrogens (tertiary/aromatic N) is 3. The van der Waals surface area contributed by atoms with Gasteiger partial charge in [0.05, 0.1) is 23.0 Å². The zero-order valence-electron chi connectivity index (χ0n) is 18.6. The summed E-state index contributed by atoms with van der Waals surface area (Å²) in [4.78, 5) is 24.3. The normalized spacial score (nSPS) is 10.5. The molecule has 1 heterocycles. The van der Waals surface area contributed by atoms with Crippen molar-refractivity contribution in [3.63, 3.8) is 0 Å². The summed E-state index contributed by atoms with van der Waals surface area (Å²) in [5, 5.41) is 13.5. The molecule has 0 spiro atoms. The number of nitriles is 1. The van der Waals surface area contributed by atoms with E-state index in [0.29, 0.717) is 11.3 Å². The minimum Gasteiger partial charge on any atom is -0.484 e. The van der Waals surface area contributed by atoms with Crippen LogP contribution in [0.4, 0.5) is 0 Å². The minimum atomic E-state index is -0.530. The average Bonchev–Trinajstić information content (AvgIpc) is 3.35. The molecular formula is C27H21N5O3. The molecule has 0 aliphatic carbocycles. The Balaban J connectivity index is 1.38. The van der Waals surface area contributed by atoms with Gasteiger partial charge in [-0.3, -0.25) is 20.4 Å². The summed E-state index contributed by atoms with van der Waals surface area (Å²) in [6.45, 7) is -0.294. The van der Waals surface area contributed by atoms with Gasteiger partial charge >= 0.3 is 0 Å². The van der Waals surface area contributed by atoms with E-state index in [1.807, 2.05) is 72.9 Å². The molecule has 0 fully saturated rings. The fourth-order valence-corrected chi connectivity index (χ4v) is 3.19. The summed E-state index contributed by atoms with van der Waals surface area (Å²) in [5.41, 5.74) is 8.39. The second kappa shape index (κ2) is 11.1. The Morgan fingerprint density at radius 1 is 0.943 bits per heavy atom. The maximum absolute atomic E-state index is 12.3. The van der Waals surface area contributed by atoms with E-state index in [9.17, 15) is 9.59 Å². The van der Waals surface area contributed by atoms with Gasteiger partial charge in [-0.15, -0.1) is 0 Å². The van der Waals surface area contributed by atoms with Crippen LogP contribution in [0.2, 0.25) is 0 Å². The molecule has 0 radical (unpaired) electrons. The molecule has 0 saturated carbocycles. The number of para-hydroxylation sites is 1. The van der Waals surface area contributed by atoms with Crippen molar-refractivity contribution in [1.29, 1.82) is 5.26 Å².